The van der Waals surface area contributed by atoms with Crippen LogP contribution in [0.25, 0.3) is 21.5 Å². The van der Waals surface area contributed by atoms with Crippen LogP contribution in [0.4, 0.5) is 0 Å². The summed E-state index contributed by atoms with van der Waals surface area (Å²) >= 11 is 2.07. The van der Waals surface area contributed by atoms with E-state index >= 15 is 0 Å². The van der Waals surface area contributed by atoms with Crippen molar-refractivity contribution < 1.29 is 0 Å². The fourth-order valence-corrected chi connectivity index (χ4v) is 9.58. The number of aliphatic imine (C=N–C) groups is 1. The highest BCUT2D eigenvalue weighted by Crippen LogP contribution is 2.63. The van der Waals surface area contributed by atoms with Crippen LogP contribution in [0, 0.1) is 0 Å². The van der Waals surface area contributed by atoms with E-state index in [0.717, 1.165) is 5.75 Å². The number of hydrogen-bond acceptors (Lipinski definition) is 2. The molecule has 2 atom stereocenters. The van der Waals surface area contributed by atoms with E-state index in [1.54, 1.807) is 0 Å². The van der Waals surface area contributed by atoms with E-state index in [1.165, 1.54) is 54.9 Å². The summed E-state index contributed by atoms with van der Waals surface area (Å²) in [7, 11) is 0. The molecule has 9 rings (SSSR count). The topological polar surface area (TPSA) is 12.4 Å². The van der Waals surface area contributed by atoms with Crippen molar-refractivity contribution in [3.05, 3.63) is 167 Å². The Morgan fingerprint density at radius 3 is 1.64 bits per heavy atom. The predicted molar refractivity (Wildman–Crippen MR) is 180 cm³/mol. The van der Waals surface area contributed by atoms with Crippen molar-refractivity contribution in [3.63, 3.8) is 0 Å². The van der Waals surface area contributed by atoms with Crippen molar-refractivity contribution >= 4 is 39.5 Å². The molecule has 0 radical (unpaired) electrons. The molecule has 3 aliphatic rings. The molecular weight excluding hydrogens is 527 g/mol. The molecule has 6 aromatic rings. The van der Waals surface area contributed by atoms with Crippen LogP contribution in [0.3, 0.4) is 0 Å². The number of hydrogen-bond donors (Lipinski definition) is 0. The molecular formula is C40H33NS. The van der Waals surface area contributed by atoms with Crippen molar-refractivity contribution in [2.75, 3.05) is 0 Å². The number of benzene rings is 6. The molecule has 0 aromatic heterocycles. The van der Waals surface area contributed by atoms with Gasteiger partial charge in [-0.1, -0.05) is 134 Å². The molecule has 0 N–H and O–H groups in total. The lowest BCUT2D eigenvalue weighted by Crippen LogP contribution is -2.62. The van der Waals surface area contributed by atoms with Crippen molar-refractivity contribution in [2.45, 2.75) is 41.7 Å². The summed E-state index contributed by atoms with van der Waals surface area (Å²) in [6, 6.07) is 49.1. The maximum Gasteiger partial charge on any atom is 0.0764 e. The van der Waals surface area contributed by atoms with Gasteiger partial charge in [-0.3, -0.25) is 4.99 Å². The van der Waals surface area contributed by atoms with Crippen LogP contribution in [0.1, 0.15) is 47.2 Å². The van der Waals surface area contributed by atoms with Gasteiger partial charge in [-0.25, -0.2) is 0 Å². The average molecular weight is 560 g/mol. The van der Waals surface area contributed by atoms with Crippen LogP contribution in [-0.2, 0) is 16.6 Å². The summed E-state index contributed by atoms with van der Waals surface area (Å²) in [6.07, 6.45) is 2.21. The average Bonchev–Trinajstić information content (AvgIpc) is 3.04. The van der Waals surface area contributed by atoms with E-state index in [1.807, 2.05) is 0 Å². The SMILES string of the molecule is CC12c3ccccc3C(C)(c3ccccc31)[C@@H](SCc1ccccc1)[C@H]2N=Cc1c2ccccc2cc2ccccc12. The van der Waals surface area contributed by atoms with Gasteiger partial charge in [-0.15, -0.1) is 0 Å². The molecule has 0 aliphatic heterocycles. The minimum Gasteiger partial charge on any atom is -0.287 e. The Hall–Kier alpha value is -4.14. The molecule has 0 saturated heterocycles. The second-order valence-corrected chi connectivity index (χ2v) is 13.3. The van der Waals surface area contributed by atoms with E-state index < -0.39 is 0 Å². The highest BCUT2D eigenvalue weighted by atomic mass is 32.2. The zero-order valence-electron chi connectivity index (χ0n) is 24.0. The van der Waals surface area contributed by atoms with Crippen LogP contribution >= 0.6 is 11.8 Å². The third-order valence-electron chi connectivity index (χ3n) is 9.99. The molecule has 0 unspecified atom stereocenters. The normalized spacial score (nSPS) is 24.2. The molecule has 42 heavy (non-hydrogen) atoms. The van der Waals surface area contributed by atoms with Gasteiger partial charge in [0.25, 0.3) is 0 Å². The van der Waals surface area contributed by atoms with Crippen LogP contribution in [0.2, 0.25) is 0 Å². The Morgan fingerprint density at radius 2 is 1.07 bits per heavy atom. The van der Waals surface area contributed by atoms with E-state index in [9.17, 15) is 0 Å². The summed E-state index contributed by atoms with van der Waals surface area (Å²) in [5.41, 5.74) is 7.94. The summed E-state index contributed by atoms with van der Waals surface area (Å²) in [4.78, 5) is 5.70. The highest BCUT2D eigenvalue weighted by molar-refractivity contribution is 7.99. The lowest BCUT2D eigenvalue weighted by atomic mass is 9.48. The van der Waals surface area contributed by atoms with E-state index in [-0.39, 0.29) is 22.1 Å². The van der Waals surface area contributed by atoms with Gasteiger partial charge in [0.2, 0.25) is 0 Å². The van der Waals surface area contributed by atoms with Crippen molar-refractivity contribution in [3.8, 4) is 0 Å². The molecule has 1 nitrogen and oxygen atoms in total. The third-order valence-corrected chi connectivity index (χ3v) is 11.6. The van der Waals surface area contributed by atoms with Gasteiger partial charge in [0, 0.05) is 33.6 Å². The Morgan fingerprint density at radius 1 is 0.595 bits per heavy atom. The fourth-order valence-electron chi connectivity index (χ4n) is 7.90. The maximum atomic E-state index is 5.70. The zero-order chi connectivity index (χ0) is 28.3. The summed E-state index contributed by atoms with van der Waals surface area (Å²) in [5.74, 6) is 0.963. The van der Waals surface area contributed by atoms with Gasteiger partial charge in [-0.05, 0) is 62.4 Å². The summed E-state index contributed by atoms with van der Waals surface area (Å²) in [6.45, 7) is 4.92. The summed E-state index contributed by atoms with van der Waals surface area (Å²) in [5, 5.41) is 5.29. The lowest BCUT2D eigenvalue weighted by molar-refractivity contribution is 0.294. The quantitative estimate of drug-likeness (QED) is 0.151. The fraction of sp³-hybridized carbons (Fsp3) is 0.175. The van der Waals surface area contributed by atoms with Crippen LogP contribution in [0.5, 0.6) is 0 Å². The van der Waals surface area contributed by atoms with Crippen LogP contribution in [-0.4, -0.2) is 17.5 Å². The lowest BCUT2D eigenvalue weighted by Gasteiger charge is -2.60. The Balaban J connectivity index is 1.36. The Labute approximate surface area is 252 Å². The Kier molecular flexibility index (Phi) is 5.91. The molecule has 6 aromatic carbocycles. The number of thioether (sulfide) groups is 1. The van der Waals surface area contributed by atoms with Crippen LogP contribution in [0.15, 0.2) is 138 Å². The van der Waals surface area contributed by atoms with Gasteiger partial charge in [0.1, 0.15) is 0 Å². The van der Waals surface area contributed by atoms with Gasteiger partial charge in [0.15, 0.2) is 0 Å². The maximum absolute atomic E-state index is 5.70. The molecule has 0 saturated carbocycles. The number of rotatable bonds is 5. The molecule has 0 amide bonds. The first-order valence-corrected chi connectivity index (χ1v) is 15.9. The second kappa shape index (κ2) is 9.71. The monoisotopic (exact) mass is 559 g/mol. The third kappa shape index (κ3) is 3.61. The van der Waals surface area contributed by atoms with Crippen LogP contribution < -0.4 is 0 Å². The molecule has 2 bridgehead atoms. The Bertz CT molecular complexity index is 1890. The zero-order valence-corrected chi connectivity index (χ0v) is 24.8. The smallest absolute Gasteiger partial charge is 0.0764 e. The van der Waals surface area contributed by atoms with Crippen molar-refractivity contribution in [1.29, 1.82) is 0 Å². The van der Waals surface area contributed by atoms with Crippen molar-refractivity contribution in [2.24, 2.45) is 4.99 Å². The number of fused-ring (bicyclic) bond motifs is 3. The molecule has 3 aliphatic carbocycles. The van der Waals surface area contributed by atoms with E-state index in [2.05, 4.69) is 165 Å². The summed E-state index contributed by atoms with van der Waals surface area (Å²) < 4.78 is 0. The minimum atomic E-state index is -0.240. The standard InChI is InChI=1S/C40H33NS/c1-39-33-20-10-12-22-35(33)40(2,36-23-13-11-21-34(36)39)38(42-26-27-14-4-3-5-15-27)37(39)41-25-32-30-18-8-6-16-28(30)24-29-17-7-9-19-31(29)32/h3-25,37-38H,26H2,1-2H3/t37-,38+,39?,40?/m1/s1. The largest absolute Gasteiger partial charge is 0.287 e. The minimum absolute atomic E-state index is 0.0683. The van der Waals surface area contributed by atoms with Gasteiger partial charge >= 0.3 is 0 Å². The molecule has 0 spiro atoms. The predicted octanol–water partition coefficient (Wildman–Crippen LogP) is 9.72. The molecule has 2 heteroatoms. The highest BCUT2D eigenvalue weighted by Gasteiger charge is 2.62. The van der Waals surface area contributed by atoms with Gasteiger partial charge < -0.3 is 0 Å². The molecule has 204 valence electrons. The van der Waals surface area contributed by atoms with Crippen molar-refractivity contribution in [1.82, 2.24) is 0 Å². The first-order valence-electron chi connectivity index (χ1n) is 14.9. The van der Waals surface area contributed by atoms with E-state index in [4.69, 9.17) is 4.99 Å². The first kappa shape index (κ1) is 25.6. The van der Waals surface area contributed by atoms with Gasteiger partial charge in [0.05, 0.1) is 6.04 Å². The van der Waals surface area contributed by atoms with E-state index in [0.29, 0.717) is 0 Å². The molecule has 0 heterocycles. The second-order valence-electron chi connectivity index (χ2n) is 12.2. The number of nitrogens with zero attached hydrogens (tertiary/aromatic N) is 1. The first-order chi connectivity index (χ1) is 20.6. The molecule has 0 fully saturated rings. The van der Waals surface area contributed by atoms with Gasteiger partial charge in [-0.2, -0.15) is 11.8 Å².